The number of carbonyl (C=O) groups excluding carboxylic acids is 2. The van der Waals surface area contributed by atoms with E-state index in [1.54, 1.807) is 7.05 Å². The molecule has 1 aliphatic heterocycles. The van der Waals surface area contributed by atoms with Crippen molar-refractivity contribution in [3.63, 3.8) is 0 Å². The van der Waals surface area contributed by atoms with E-state index in [4.69, 9.17) is 4.74 Å². The summed E-state index contributed by atoms with van der Waals surface area (Å²) in [6.45, 7) is 0. The average Bonchev–Trinajstić information content (AvgIpc) is 2.80. The van der Waals surface area contributed by atoms with Crippen LogP contribution in [0.25, 0.3) is 0 Å². The maximum absolute atomic E-state index is 12.4. The maximum atomic E-state index is 12.4. The minimum absolute atomic E-state index is 0.277. The third-order valence-electron chi connectivity index (χ3n) is 3.47. The van der Waals surface area contributed by atoms with Gasteiger partial charge in [-0.2, -0.15) is 0 Å². The minimum Gasteiger partial charge on any atom is -0.466 e. The molecule has 1 aromatic carbocycles. The SMILES string of the molecule is COC(=O)/C=C1/S[C@@](OC)(N(C)c2ccccc2)N(C)C1=O. The number of nitrogens with zero attached hydrogens (tertiary/aromatic N) is 2. The van der Waals surface area contributed by atoms with E-state index in [-0.39, 0.29) is 10.8 Å². The zero-order chi connectivity index (χ0) is 16.3. The van der Waals surface area contributed by atoms with Crippen LogP contribution in [0.2, 0.25) is 0 Å². The number of hydrogen-bond donors (Lipinski definition) is 0. The summed E-state index contributed by atoms with van der Waals surface area (Å²) in [5.74, 6) is -0.862. The Morgan fingerprint density at radius 2 is 1.95 bits per heavy atom. The van der Waals surface area contributed by atoms with Crippen LogP contribution in [0.1, 0.15) is 0 Å². The van der Waals surface area contributed by atoms with Crippen LogP contribution in [0.4, 0.5) is 5.69 Å². The van der Waals surface area contributed by atoms with Crippen LogP contribution in [0.3, 0.4) is 0 Å². The summed E-state index contributed by atoms with van der Waals surface area (Å²) in [5.41, 5.74) is 0.885. The normalized spacial score (nSPS) is 23.0. The highest BCUT2D eigenvalue weighted by atomic mass is 32.2. The van der Waals surface area contributed by atoms with Crippen molar-refractivity contribution in [2.75, 3.05) is 33.2 Å². The number of carbonyl (C=O) groups is 2. The van der Waals surface area contributed by atoms with E-state index >= 15 is 0 Å². The van der Waals surface area contributed by atoms with Gasteiger partial charge in [0.15, 0.2) is 0 Å². The second kappa shape index (κ2) is 6.41. The second-order valence-electron chi connectivity index (χ2n) is 4.65. The number of hydrogen-bond acceptors (Lipinski definition) is 6. The summed E-state index contributed by atoms with van der Waals surface area (Å²) in [5, 5.41) is -1.06. The van der Waals surface area contributed by atoms with E-state index in [0.29, 0.717) is 0 Å². The van der Waals surface area contributed by atoms with Gasteiger partial charge in [-0.15, -0.1) is 0 Å². The first-order chi connectivity index (χ1) is 10.5. The van der Waals surface area contributed by atoms with Gasteiger partial charge in [0.1, 0.15) is 0 Å². The van der Waals surface area contributed by atoms with Crippen LogP contribution < -0.4 is 4.90 Å². The molecule has 1 fully saturated rings. The smallest absolute Gasteiger partial charge is 0.331 e. The number of esters is 1. The van der Waals surface area contributed by atoms with Crippen molar-refractivity contribution >= 4 is 29.3 Å². The van der Waals surface area contributed by atoms with Crippen LogP contribution in [-0.4, -0.2) is 50.3 Å². The van der Waals surface area contributed by atoms with E-state index in [9.17, 15) is 9.59 Å². The molecular weight excluding hydrogens is 304 g/mol. The maximum Gasteiger partial charge on any atom is 0.331 e. The highest BCUT2D eigenvalue weighted by Gasteiger charge is 2.51. The molecule has 0 unspecified atom stereocenters. The molecule has 118 valence electrons. The number of ether oxygens (including phenoxy) is 2. The fraction of sp³-hybridized carbons (Fsp3) is 0.333. The molecule has 7 heteroatoms. The molecule has 0 aromatic heterocycles. The molecule has 2 rings (SSSR count). The van der Waals surface area contributed by atoms with Gasteiger partial charge in [0.25, 0.3) is 11.1 Å². The average molecular weight is 322 g/mol. The van der Waals surface area contributed by atoms with E-state index in [1.165, 1.54) is 25.2 Å². The highest BCUT2D eigenvalue weighted by Crippen LogP contribution is 2.46. The number of thioether (sulfide) groups is 1. The molecule has 1 aromatic rings. The number of methoxy groups -OCH3 is 2. The van der Waals surface area contributed by atoms with E-state index < -0.39 is 11.2 Å². The molecule has 0 saturated carbocycles. The van der Waals surface area contributed by atoms with Crippen molar-refractivity contribution in [3.05, 3.63) is 41.3 Å². The van der Waals surface area contributed by atoms with Crippen molar-refractivity contribution < 1.29 is 19.1 Å². The molecule has 0 radical (unpaired) electrons. The first-order valence-corrected chi connectivity index (χ1v) is 7.38. The van der Waals surface area contributed by atoms with Crippen molar-refractivity contribution in [1.29, 1.82) is 0 Å². The van der Waals surface area contributed by atoms with Gasteiger partial charge in [0, 0.05) is 33.0 Å². The summed E-state index contributed by atoms with van der Waals surface area (Å²) >= 11 is 1.16. The zero-order valence-electron chi connectivity index (χ0n) is 12.9. The predicted octanol–water partition coefficient (Wildman–Crippen LogP) is 1.64. The molecule has 1 heterocycles. The standard InChI is InChI=1S/C15H18N2O4S/c1-16(11-8-6-5-7-9-11)15(21-4)17(2)14(19)12(22-15)10-13(18)20-3/h5-10H,1-4H3/b12-10+/t15-/m0/s1. The van der Waals surface area contributed by atoms with Gasteiger partial charge >= 0.3 is 5.97 Å². The highest BCUT2D eigenvalue weighted by molar-refractivity contribution is 8.05. The third-order valence-corrected chi connectivity index (χ3v) is 4.96. The molecule has 1 aliphatic rings. The molecule has 0 aliphatic carbocycles. The Morgan fingerprint density at radius 1 is 1.32 bits per heavy atom. The fourth-order valence-electron chi connectivity index (χ4n) is 2.23. The largest absolute Gasteiger partial charge is 0.466 e. The van der Waals surface area contributed by atoms with Crippen molar-refractivity contribution in [3.8, 4) is 0 Å². The topological polar surface area (TPSA) is 59.1 Å². The summed E-state index contributed by atoms with van der Waals surface area (Å²) in [4.78, 5) is 27.4. The molecule has 1 amide bonds. The zero-order valence-corrected chi connectivity index (χ0v) is 13.7. The van der Waals surface area contributed by atoms with E-state index in [0.717, 1.165) is 17.4 Å². The lowest BCUT2D eigenvalue weighted by Crippen LogP contribution is -2.55. The van der Waals surface area contributed by atoms with Crippen LogP contribution in [0.15, 0.2) is 41.3 Å². The molecule has 22 heavy (non-hydrogen) atoms. The Morgan fingerprint density at radius 3 is 2.50 bits per heavy atom. The van der Waals surface area contributed by atoms with Gasteiger partial charge in [0.2, 0.25) is 0 Å². The number of benzene rings is 1. The molecule has 6 nitrogen and oxygen atoms in total. The molecule has 0 spiro atoms. The van der Waals surface area contributed by atoms with Gasteiger partial charge in [-0.3, -0.25) is 9.69 Å². The fourth-order valence-corrected chi connectivity index (χ4v) is 3.44. The molecule has 1 atom stereocenters. The molecule has 0 N–H and O–H groups in total. The van der Waals surface area contributed by atoms with Crippen LogP contribution in [0.5, 0.6) is 0 Å². The Labute approximate surface area is 133 Å². The van der Waals surface area contributed by atoms with E-state index in [1.807, 2.05) is 42.3 Å². The number of amides is 1. The quantitative estimate of drug-likeness (QED) is 0.477. The second-order valence-corrected chi connectivity index (χ2v) is 5.82. The van der Waals surface area contributed by atoms with Crippen LogP contribution in [-0.2, 0) is 19.1 Å². The van der Waals surface area contributed by atoms with Gasteiger partial charge in [-0.1, -0.05) is 18.2 Å². The number of rotatable bonds is 4. The Bertz CT molecular complexity index is 605. The Hall–Kier alpha value is -1.99. The van der Waals surface area contributed by atoms with Crippen molar-refractivity contribution in [2.24, 2.45) is 0 Å². The third kappa shape index (κ3) is 2.69. The van der Waals surface area contributed by atoms with Crippen LogP contribution in [0, 0.1) is 0 Å². The molecule has 1 saturated heterocycles. The summed E-state index contributed by atoms with van der Waals surface area (Å²) in [7, 11) is 6.26. The lowest BCUT2D eigenvalue weighted by Gasteiger charge is -2.41. The number of anilines is 1. The lowest BCUT2D eigenvalue weighted by atomic mass is 10.3. The predicted molar refractivity (Wildman–Crippen MR) is 85.0 cm³/mol. The monoisotopic (exact) mass is 322 g/mol. The summed E-state index contributed by atoms with van der Waals surface area (Å²) < 4.78 is 10.2. The first kappa shape index (κ1) is 16.4. The van der Waals surface area contributed by atoms with Crippen molar-refractivity contribution in [2.45, 2.75) is 5.18 Å². The Kier molecular flexibility index (Phi) is 4.77. The van der Waals surface area contributed by atoms with Crippen LogP contribution >= 0.6 is 11.8 Å². The van der Waals surface area contributed by atoms with Gasteiger partial charge in [-0.25, -0.2) is 4.79 Å². The van der Waals surface area contributed by atoms with Gasteiger partial charge < -0.3 is 14.4 Å². The summed E-state index contributed by atoms with van der Waals surface area (Å²) in [6.07, 6.45) is 1.18. The lowest BCUT2D eigenvalue weighted by molar-refractivity contribution is -0.138. The van der Waals surface area contributed by atoms with E-state index in [2.05, 4.69) is 4.74 Å². The molecule has 0 bridgehead atoms. The van der Waals surface area contributed by atoms with Gasteiger partial charge in [0.05, 0.1) is 12.0 Å². The summed E-state index contributed by atoms with van der Waals surface area (Å²) in [6, 6.07) is 9.56. The Balaban J connectivity index is 2.40. The number of para-hydroxylation sites is 1. The minimum atomic E-state index is -1.06. The molecular formula is C15H18N2O4S. The number of likely N-dealkylation sites (N-methyl/N-ethyl adjacent to an activating group) is 1. The first-order valence-electron chi connectivity index (χ1n) is 6.57. The van der Waals surface area contributed by atoms with Gasteiger partial charge in [-0.05, 0) is 23.9 Å². The van der Waals surface area contributed by atoms with Crippen molar-refractivity contribution in [1.82, 2.24) is 4.90 Å².